The van der Waals surface area contributed by atoms with Gasteiger partial charge >= 0.3 is 0 Å². The molecule has 2 fully saturated rings. The van der Waals surface area contributed by atoms with Crippen molar-refractivity contribution in [3.8, 4) is 0 Å². The van der Waals surface area contributed by atoms with Crippen molar-refractivity contribution in [2.75, 3.05) is 19.7 Å². The number of nitrogens with zero attached hydrogens (tertiary/aromatic N) is 2. The molecule has 0 aromatic heterocycles. The smallest absolute Gasteiger partial charge is 0.248 e. The predicted octanol–water partition coefficient (Wildman–Crippen LogP) is 0.680. The van der Waals surface area contributed by atoms with Crippen LogP contribution < -0.4 is 53.6 Å². The number of aliphatic hydroxyl groups is 1. The molecule has 0 aliphatic carbocycles. The first-order valence-corrected chi connectivity index (χ1v) is 29.7. The van der Waals surface area contributed by atoms with E-state index in [-0.39, 0.29) is 62.6 Å². The third-order valence-corrected chi connectivity index (χ3v) is 15.8. The van der Waals surface area contributed by atoms with Gasteiger partial charge in [-0.25, -0.2) is 0 Å². The number of likely N-dealkylation sites (tertiary alicyclic amines) is 2. The van der Waals surface area contributed by atoms with E-state index in [1.54, 1.807) is 27.7 Å². The zero-order valence-electron chi connectivity index (χ0n) is 52.5. The maximum absolute atomic E-state index is 14.5. The molecule has 472 valence electrons. The maximum Gasteiger partial charge on any atom is 0.248 e. The first kappa shape index (κ1) is 72.7. The van der Waals surface area contributed by atoms with Crippen molar-refractivity contribution in [3.05, 3.63) is 0 Å². The average molecular weight is 1180 g/mol. The fourth-order valence-electron chi connectivity index (χ4n) is 10.2. The number of hydrogen-bond acceptors (Lipinski definition) is 13. The number of nitrogens with one attached hydrogen (secondary N) is 9. The Bertz CT molecular complexity index is 2320. The molecule has 2 heterocycles. The van der Waals surface area contributed by atoms with E-state index in [4.69, 9.17) is 5.73 Å². The van der Waals surface area contributed by atoms with E-state index in [0.717, 1.165) is 6.42 Å². The molecule has 0 saturated carbocycles. The van der Waals surface area contributed by atoms with E-state index in [1.807, 2.05) is 41.5 Å². The average Bonchev–Trinajstić information content (AvgIpc) is 4.36. The van der Waals surface area contributed by atoms with Crippen LogP contribution in [0.1, 0.15) is 182 Å². The maximum atomic E-state index is 14.5. The molecule has 0 radical (unpaired) electrons. The first-order valence-electron chi connectivity index (χ1n) is 29.7. The third kappa shape index (κ3) is 21.3. The lowest BCUT2D eigenvalue weighted by Gasteiger charge is -2.36. The minimum absolute atomic E-state index is 0.00265. The van der Waals surface area contributed by atoms with Gasteiger partial charge in [-0.15, -0.1) is 0 Å². The fourth-order valence-corrected chi connectivity index (χ4v) is 10.2. The van der Waals surface area contributed by atoms with Crippen molar-refractivity contribution in [1.29, 1.82) is 0 Å². The Morgan fingerprint density at radius 1 is 0.506 bits per heavy atom. The molecule has 12 N–H and O–H groups in total. The molecule has 0 aromatic rings. The summed E-state index contributed by atoms with van der Waals surface area (Å²) in [5, 5.41) is 34.3. The van der Waals surface area contributed by atoms with Crippen molar-refractivity contribution >= 4 is 70.9 Å². The molecule has 2 aliphatic heterocycles. The monoisotopic (exact) mass is 1170 g/mol. The molecule has 0 aromatic carbocycles. The summed E-state index contributed by atoms with van der Waals surface area (Å²) in [6, 6.07) is -8.75. The normalized spacial score (nSPS) is 18.9. The number of carbonyl (C=O) groups is 12. The molecule has 25 nitrogen and oxygen atoms in total. The Kier molecular flexibility index (Phi) is 28.1. The van der Waals surface area contributed by atoms with Crippen LogP contribution in [0.4, 0.5) is 0 Å². The predicted molar refractivity (Wildman–Crippen MR) is 312 cm³/mol. The van der Waals surface area contributed by atoms with Crippen LogP contribution in [0.25, 0.3) is 0 Å². The van der Waals surface area contributed by atoms with Crippen LogP contribution in [-0.4, -0.2) is 170 Å². The quantitative estimate of drug-likeness (QED) is 0.0442. The summed E-state index contributed by atoms with van der Waals surface area (Å²) in [5.74, 6) is -9.44. The standard InChI is InChI=1S/C58H102N12O13/c1-18-33(8)40(30-71)62-50(78)42-24-22-26-70(42)54(82)57(14,15)67-48(76)38(28-32(6)7)60-46(74)37(27-31(4)5)61-49(77)41-23-21-25-69(41)55(83)58(16,17)68-52(80)45(35(10)20-3)65-51(79)44(34(9)19-2)64-47(75)39(29-43(59)73)63-53(81)56(12,13)66-36(11)72/h31-35,37-42,44-45,71H,18-30H2,1-17H3,(H2,59,73)(H,60,74)(H,61,77)(H,62,78)(H,63,81)(H,64,75)(H,65,79)(H,66,72)(H,67,76)(H,68,80)/t33-,34+,35+,37-,38+,39+,40-,41-,42+,44+,45+/m0/s1. The fraction of sp³-hybridized carbons (Fsp3) is 0.793. The Balaban J connectivity index is 2.32. The van der Waals surface area contributed by atoms with Crippen molar-refractivity contribution in [2.24, 2.45) is 35.3 Å². The van der Waals surface area contributed by atoms with Gasteiger partial charge in [0.2, 0.25) is 70.9 Å². The minimum atomic E-state index is -1.66. The van der Waals surface area contributed by atoms with Crippen LogP contribution in [0, 0.1) is 29.6 Å². The highest BCUT2D eigenvalue weighted by atomic mass is 16.3. The molecule has 12 amide bonds. The third-order valence-electron chi connectivity index (χ3n) is 15.8. The van der Waals surface area contributed by atoms with Gasteiger partial charge in [0.25, 0.3) is 0 Å². The van der Waals surface area contributed by atoms with Crippen molar-refractivity contribution < 1.29 is 62.6 Å². The van der Waals surface area contributed by atoms with Gasteiger partial charge in [-0.1, -0.05) is 88.5 Å². The van der Waals surface area contributed by atoms with Gasteiger partial charge in [0.1, 0.15) is 58.9 Å². The highest BCUT2D eigenvalue weighted by Gasteiger charge is 2.46. The van der Waals surface area contributed by atoms with Gasteiger partial charge in [0, 0.05) is 20.0 Å². The molecule has 2 aliphatic rings. The Labute approximate surface area is 491 Å². The number of rotatable bonds is 32. The minimum Gasteiger partial charge on any atom is -0.394 e. The van der Waals surface area contributed by atoms with E-state index in [2.05, 4.69) is 47.9 Å². The van der Waals surface area contributed by atoms with E-state index >= 15 is 0 Å². The molecule has 25 heteroatoms. The Morgan fingerprint density at radius 3 is 1.34 bits per heavy atom. The van der Waals surface area contributed by atoms with Crippen molar-refractivity contribution in [2.45, 2.75) is 247 Å². The topological polar surface area (TPSA) is 366 Å². The molecule has 0 unspecified atom stereocenters. The number of aliphatic hydroxyl groups excluding tert-OH is 1. The van der Waals surface area contributed by atoms with Gasteiger partial charge in [0.15, 0.2) is 0 Å². The molecule has 0 spiro atoms. The molecule has 11 atom stereocenters. The van der Waals surface area contributed by atoms with Gasteiger partial charge in [-0.3, -0.25) is 57.5 Å². The van der Waals surface area contributed by atoms with E-state index < -0.39 is 148 Å². The largest absolute Gasteiger partial charge is 0.394 e. The Hall–Kier alpha value is -6.40. The number of hydrogen-bond donors (Lipinski definition) is 11. The van der Waals surface area contributed by atoms with Crippen LogP contribution in [0.2, 0.25) is 0 Å². The van der Waals surface area contributed by atoms with Gasteiger partial charge < -0.3 is 68.5 Å². The van der Waals surface area contributed by atoms with E-state index in [9.17, 15) is 62.6 Å². The number of amides is 12. The highest BCUT2D eigenvalue weighted by molar-refractivity contribution is 6.01. The first-order chi connectivity index (χ1) is 38.4. The van der Waals surface area contributed by atoms with Crippen molar-refractivity contribution in [1.82, 2.24) is 57.7 Å². The second-order valence-electron chi connectivity index (χ2n) is 25.4. The van der Waals surface area contributed by atoms with Crippen LogP contribution in [0.15, 0.2) is 0 Å². The van der Waals surface area contributed by atoms with Crippen molar-refractivity contribution in [3.63, 3.8) is 0 Å². The molecule has 0 bridgehead atoms. The molecular weight excluding hydrogens is 1070 g/mol. The van der Waals surface area contributed by atoms with Gasteiger partial charge in [0.05, 0.1) is 19.1 Å². The summed E-state index contributed by atoms with van der Waals surface area (Å²) in [4.78, 5) is 167. The van der Waals surface area contributed by atoms with Crippen LogP contribution >= 0.6 is 0 Å². The lowest BCUT2D eigenvalue weighted by atomic mass is 9.93. The van der Waals surface area contributed by atoms with E-state index in [0.29, 0.717) is 32.1 Å². The zero-order valence-corrected chi connectivity index (χ0v) is 52.5. The summed E-state index contributed by atoms with van der Waals surface area (Å²) in [5.41, 5.74) is 0.769. The molecule has 83 heavy (non-hydrogen) atoms. The second-order valence-corrected chi connectivity index (χ2v) is 25.4. The summed E-state index contributed by atoms with van der Waals surface area (Å²) < 4.78 is 0. The lowest BCUT2D eigenvalue weighted by Crippen LogP contribution is -2.64. The lowest BCUT2D eigenvalue weighted by molar-refractivity contribution is -0.146. The molecule has 2 saturated heterocycles. The van der Waals surface area contributed by atoms with E-state index in [1.165, 1.54) is 58.3 Å². The number of nitrogens with two attached hydrogens (primary N) is 1. The second kappa shape index (κ2) is 32.0. The van der Waals surface area contributed by atoms with Gasteiger partial charge in [-0.2, -0.15) is 0 Å². The van der Waals surface area contributed by atoms with Gasteiger partial charge in [-0.05, 0) is 110 Å². The number of primary amides is 1. The van der Waals surface area contributed by atoms with Crippen LogP contribution in [-0.2, 0) is 57.5 Å². The highest BCUT2D eigenvalue weighted by Crippen LogP contribution is 2.25. The number of carbonyl (C=O) groups excluding carboxylic acids is 12. The molecule has 2 rings (SSSR count). The zero-order chi connectivity index (χ0) is 63.6. The SMILES string of the molecule is CC[C@@H](C)[C@@H](NC(=O)[C@@H](CC(N)=O)NC(=O)C(C)(C)NC(C)=O)C(=O)N[C@@H](C(=O)NC(C)(C)C(=O)N1CCC[C@H]1C(=O)N[C@@H](CC(C)C)C(=O)N[C@H](CC(C)C)C(=O)NC(C)(C)C(=O)N1CCC[C@@H]1C(=O)N[C@@H](CO)[C@@H](C)CC)[C@H](C)CC. The summed E-state index contributed by atoms with van der Waals surface area (Å²) >= 11 is 0. The summed E-state index contributed by atoms with van der Waals surface area (Å²) in [7, 11) is 0. The van der Waals surface area contributed by atoms with Crippen LogP contribution in [0.3, 0.4) is 0 Å². The van der Waals surface area contributed by atoms with Crippen LogP contribution in [0.5, 0.6) is 0 Å². The summed E-state index contributed by atoms with van der Waals surface area (Å²) in [6.45, 7) is 28.4. The Morgan fingerprint density at radius 2 is 0.916 bits per heavy atom. The molecular formula is C58H102N12O13. The summed E-state index contributed by atoms with van der Waals surface area (Å²) in [6.07, 6.45) is 2.75.